The Morgan fingerprint density at radius 1 is 0.909 bits per heavy atom. The van der Waals surface area contributed by atoms with Gasteiger partial charge in [-0.3, -0.25) is 4.79 Å². The number of sulfonamides is 1. The van der Waals surface area contributed by atoms with Crippen molar-refractivity contribution in [3.63, 3.8) is 0 Å². The average molecular weight is 461 g/mol. The van der Waals surface area contributed by atoms with Crippen LogP contribution in [0.3, 0.4) is 0 Å². The number of rotatable bonds is 5. The first kappa shape index (κ1) is 21.4. The molecule has 0 radical (unpaired) electrons. The van der Waals surface area contributed by atoms with Gasteiger partial charge in [-0.05, 0) is 49.2 Å². The van der Waals surface area contributed by atoms with E-state index < -0.39 is 10.0 Å². The van der Waals surface area contributed by atoms with Crippen LogP contribution in [-0.4, -0.2) is 41.7 Å². The number of benzene rings is 3. The van der Waals surface area contributed by atoms with Crippen LogP contribution in [0.15, 0.2) is 83.8 Å². The van der Waals surface area contributed by atoms with Gasteiger partial charge in [0.15, 0.2) is 0 Å². The Kier molecular flexibility index (Phi) is 5.70. The normalized spacial score (nSPS) is 15.5. The Bertz CT molecular complexity index is 1360. The van der Waals surface area contributed by atoms with Gasteiger partial charge in [0.1, 0.15) is 5.82 Å². The molecule has 1 fully saturated rings. The van der Waals surface area contributed by atoms with E-state index in [-0.39, 0.29) is 16.7 Å². The number of piperidine rings is 1. The van der Waals surface area contributed by atoms with Crippen molar-refractivity contribution in [2.45, 2.75) is 17.7 Å². The molecule has 2 heterocycles. The molecule has 0 unspecified atom stereocenters. The van der Waals surface area contributed by atoms with E-state index in [1.807, 2.05) is 48.5 Å². The van der Waals surface area contributed by atoms with E-state index in [1.165, 1.54) is 4.31 Å². The second kappa shape index (κ2) is 8.80. The number of carbonyl (C=O) groups is 1. The fourth-order valence-electron chi connectivity index (χ4n) is 4.21. The third-order valence-electron chi connectivity index (χ3n) is 6.04. The molecule has 4 aromatic rings. The van der Waals surface area contributed by atoms with Gasteiger partial charge < -0.3 is 10.3 Å². The Hall–Kier alpha value is -3.49. The Balaban J connectivity index is 1.29. The van der Waals surface area contributed by atoms with Crippen LogP contribution in [0.4, 0.5) is 5.69 Å². The van der Waals surface area contributed by atoms with Gasteiger partial charge in [0.25, 0.3) is 0 Å². The summed E-state index contributed by atoms with van der Waals surface area (Å²) in [5, 5.41) is 3.04. The first-order valence-corrected chi connectivity index (χ1v) is 12.4. The molecule has 0 spiro atoms. The van der Waals surface area contributed by atoms with Crippen LogP contribution in [0.5, 0.6) is 0 Å². The zero-order chi connectivity index (χ0) is 22.8. The number of hydrogen-bond donors (Lipinski definition) is 2. The molecule has 5 rings (SSSR count). The molecule has 1 saturated heterocycles. The largest absolute Gasteiger partial charge is 0.338 e. The monoisotopic (exact) mass is 460 g/mol. The van der Waals surface area contributed by atoms with Crippen molar-refractivity contribution in [2.75, 3.05) is 18.4 Å². The van der Waals surface area contributed by atoms with Crippen LogP contribution in [-0.2, 0) is 14.8 Å². The number of aromatic amines is 1. The molecule has 2 N–H and O–H groups in total. The molecular weight excluding hydrogens is 436 g/mol. The predicted molar refractivity (Wildman–Crippen MR) is 128 cm³/mol. The molecule has 1 aromatic heterocycles. The number of aromatic nitrogens is 2. The highest BCUT2D eigenvalue weighted by atomic mass is 32.2. The van der Waals surface area contributed by atoms with Crippen LogP contribution in [0.1, 0.15) is 12.8 Å². The van der Waals surface area contributed by atoms with Crippen molar-refractivity contribution in [3.8, 4) is 11.4 Å². The molecule has 0 bridgehead atoms. The van der Waals surface area contributed by atoms with Crippen LogP contribution in [0.2, 0.25) is 0 Å². The summed E-state index contributed by atoms with van der Waals surface area (Å²) in [7, 11) is -3.54. The lowest BCUT2D eigenvalue weighted by Gasteiger charge is -2.30. The molecule has 8 heteroatoms. The highest BCUT2D eigenvalue weighted by Crippen LogP contribution is 2.29. The zero-order valence-electron chi connectivity index (χ0n) is 17.9. The SMILES string of the molecule is O=C(Nc1ccccc1-c1nc2ccccc2[nH]1)C1CCN(S(=O)(=O)c2ccccc2)CC1. The maximum atomic E-state index is 13.0. The number of anilines is 1. The summed E-state index contributed by atoms with van der Waals surface area (Å²) in [6.07, 6.45) is 0.954. The van der Waals surface area contributed by atoms with E-state index >= 15 is 0 Å². The summed E-state index contributed by atoms with van der Waals surface area (Å²) in [5.74, 6) is 0.335. The van der Waals surface area contributed by atoms with Crippen molar-refractivity contribution >= 4 is 32.7 Å². The van der Waals surface area contributed by atoms with Crippen LogP contribution in [0.25, 0.3) is 22.4 Å². The van der Waals surface area contributed by atoms with Gasteiger partial charge in [-0.15, -0.1) is 0 Å². The molecule has 7 nitrogen and oxygen atoms in total. The topological polar surface area (TPSA) is 95.2 Å². The minimum absolute atomic E-state index is 0.102. The molecule has 0 saturated carbocycles. The Morgan fingerprint density at radius 3 is 2.33 bits per heavy atom. The first-order valence-electron chi connectivity index (χ1n) is 10.9. The third kappa shape index (κ3) is 4.27. The standard InChI is InChI=1S/C25H24N4O3S/c30-25(18-14-16-29(17-15-18)33(31,32)19-8-2-1-3-9-19)28-21-11-5-4-10-20(21)24-26-22-12-6-7-13-23(22)27-24/h1-13,18H,14-17H2,(H,26,27)(H,28,30). The lowest BCUT2D eigenvalue weighted by atomic mass is 9.97. The average Bonchev–Trinajstić information content (AvgIpc) is 3.29. The molecule has 1 aliphatic rings. The fraction of sp³-hybridized carbons (Fsp3) is 0.200. The van der Waals surface area contributed by atoms with Crippen LogP contribution >= 0.6 is 0 Å². The van der Waals surface area contributed by atoms with Crippen LogP contribution in [0, 0.1) is 5.92 Å². The van der Waals surface area contributed by atoms with E-state index in [9.17, 15) is 13.2 Å². The lowest BCUT2D eigenvalue weighted by molar-refractivity contribution is -0.120. The van der Waals surface area contributed by atoms with Gasteiger partial charge in [-0.1, -0.05) is 42.5 Å². The molecule has 1 amide bonds. The van der Waals surface area contributed by atoms with E-state index in [0.29, 0.717) is 37.4 Å². The number of para-hydroxylation sites is 3. The van der Waals surface area contributed by atoms with Crippen molar-refractivity contribution in [2.24, 2.45) is 5.92 Å². The Morgan fingerprint density at radius 2 is 1.58 bits per heavy atom. The highest BCUT2D eigenvalue weighted by molar-refractivity contribution is 7.89. The number of nitrogens with zero attached hydrogens (tertiary/aromatic N) is 2. The van der Waals surface area contributed by atoms with Gasteiger partial charge in [0.05, 0.1) is 21.6 Å². The quantitative estimate of drug-likeness (QED) is 0.465. The minimum atomic E-state index is -3.54. The number of fused-ring (bicyclic) bond motifs is 1. The number of imidazole rings is 1. The smallest absolute Gasteiger partial charge is 0.243 e. The molecule has 0 aliphatic carbocycles. The number of carbonyl (C=O) groups excluding carboxylic acids is 1. The third-order valence-corrected chi connectivity index (χ3v) is 7.95. The summed E-state index contributed by atoms with van der Waals surface area (Å²) in [6, 6.07) is 23.8. The number of nitrogens with one attached hydrogen (secondary N) is 2. The van der Waals surface area contributed by atoms with Gasteiger partial charge in [0, 0.05) is 24.6 Å². The summed E-state index contributed by atoms with van der Waals surface area (Å²) in [5.41, 5.74) is 3.29. The molecule has 3 aromatic carbocycles. The van der Waals surface area contributed by atoms with Gasteiger partial charge in [-0.25, -0.2) is 13.4 Å². The molecule has 168 valence electrons. The highest BCUT2D eigenvalue weighted by Gasteiger charge is 2.32. The summed E-state index contributed by atoms with van der Waals surface area (Å²) in [6.45, 7) is 0.640. The van der Waals surface area contributed by atoms with Crippen molar-refractivity contribution in [1.29, 1.82) is 0 Å². The summed E-state index contributed by atoms with van der Waals surface area (Å²) in [4.78, 5) is 21.3. The first-order chi connectivity index (χ1) is 16.0. The summed E-state index contributed by atoms with van der Waals surface area (Å²) < 4.78 is 27.2. The maximum Gasteiger partial charge on any atom is 0.243 e. The molecule has 1 aliphatic heterocycles. The fourth-order valence-corrected chi connectivity index (χ4v) is 5.70. The molecule has 33 heavy (non-hydrogen) atoms. The van der Waals surface area contributed by atoms with Gasteiger partial charge in [-0.2, -0.15) is 4.31 Å². The van der Waals surface area contributed by atoms with E-state index in [0.717, 1.165) is 16.6 Å². The van der Waals surface area contributed by atoms with Crippen molar-refractivity contribution in [3.05, 3.63) is 78.9 Å². The van der Waals surface area contributed by atoms with E-state index in [2.05, 4.69) is 15.3 Å². The van der Waals surface area contributed by atoms with Gasteiger partial charge >= 0.3 is 0 Å². The van der Waals surface area contributed by atoms with E-state index in [1.54, 1.807) is 30.3 Å². The van der Waals surface area contributed by atoms with E-state index in [4.69, 9.17) is 0 Å². The minimum Gasteiger partial charge on any atom is -0.338 e. The van der Waals surface area contributed by atoms with Crippen molar-refractivity contribution in [1.82, 2.24) is 14.3 Å². The second-order valence-corrected chi connectivity index (χ2v) is 10.1. The van der Waals surface area contributed by atoms with Gasteiger partial charge in [0.2, 0.25) is 15.9 Å². The second-order valence-electron chi connectivity index (χ2n) is 8.13. The van der Waals surface area contributed by atoms with Crippen LogP contribution < -0.4 is 5.32 Å². The summed E-state index contributed by atoms with van der Waals surface area (Å²) >= 11 is 0. The zero-order valence-corrected chi connectivity index (χ0v) is 18.8. The lowest BCUT2D eigenvalue weighted by Crippen LogP contribution is -2.41. The number of amides is 1. The number of hydrogen-bond acceptors (Lipinski definition) is 4. The Labute approximate surface area is 192 Å². The molecular formula is C25H24N4O3S. The molecule has 0 atom stereocenters. The maximum absolute atomic E-state index is 13.0. The number of H-pyrrole nitrogens is 1. The predicted octanol–water partition coefficient (Wildman–Crippen LogP) is 4.27. The van der Waals surface area contributed by atoms with Crippen molar-refractivity contribution < 1.29 is 13.2 Å².